The summed E-state index contributed by atoms with van der Waals surface area (Å²) in [5.74, 6) is 0.200. The molecule has 2 nitrogen and oxygen atoms in total. The average molecular weight is 309 g/mol. The first-order valence-corrected chi connectivity index (χ1v) is 7.94. The highest BCUT2D eigenvalue weighted by molar-refractivity contribution is 7.10. The van der Waals surface area contributed by atoms with Crippen molar-refractivity contribution in [1.82, 2.24) is 5.32 Å². The topological polar surface area (TPSA) is 21.3 Å². The molecule has 1 aromatic heterocycles. The second kappa shape index (κ2) is 6.54. The number of ether oxygens (including phenoxy) is 1. The molecule has 0 spiro atoms. The van der Waals surface area contributed by atoms with Crippen LogP contribution in [0.1, 0.15) is 34.9 Å². The Morgan fingerprint density at radius 1 is 1.24 bits per heavy atom. The summed E-state index contributed by atoms with van der Waals surface area (Å²) in [5.41, 5.74) is 2.49. The number of nitrogens with one attached hydrogen (secondary N) is 1. The molecule has 1 aliphatic rings. The summed E-state index contributed by atoms with van der Waals surface area (Å²) in [7, 11) is 0. The average Bonchev–Trinajstić information content (AvgIpc) is 2.95. The Hall–Kier alpha value is -1.46. The van der Waals surface area contributed by atoms with Gasteiger partial charge in [-0.2, -0.15) is 8.78 Å². The first-order valence-electron chi connectivity index (χ1n) is 7.06. The summed E-state index contributed by atoms with van der Waals surface area (Å²) in [6.07, 6.45) is 3.55. The summed E-state index contributed by atoms with van der Waals surface area (Å²) >= 11 is 1.83. The minimum Gasteiger partial charge on any atom is -0.435 e. The molecule has 1 unspecified atom stereocenters. The molecule has 1 N–H and O–H groups in total. The van der Waals surface area contributed by atoms with Gasteiger partial charge in [0.15, 0.2) is 0 Å². The van der Waals surface area contributed by atoms with Crippen LogP contribution in [0.15, 0.2) is 35.7 Å². The maximum atomic E-state index is 12.1. The Balaban J connectivity index is 1.59. The van der Waals surface area contributed by atoms with E-state index in [1.54, 1.807) is 12.1 Å². The molecule has 21 heavy (non-hydrogen) atoms. The largest absolute Gasteiger partial charge is 0.435 e. The Morgan fingerprint density at radius 2 is 2.05 bits per heavy atom. The van der Waals surface area contributed by atoms with Crippen LogP contribution in [0, 0.1) is 0 Å². The van der Waals surface area contributed by atoms with Gasteiger partial charge >= 0.3 is 6.61 Å². The molecule has 1 aliphatic carbocycles. The first kappa shape index (κ1) is 14.5. The number of alkyl halides is 2. The molecular formula is C16H17F2NOS. The lowest BCUT2D eigenvalue weighted by Crippen LogP contribution is -2.23. The fraction of sp³-hybridized carbons (Fsp3) is 0.375. The summed E-state index contributed by atoms with van der Waals surface area (Å²) in [4.78, 5) is 1.49. The van der Waals surface area contributed by atoms with Gasteiger partial charge in [0.25, 0.3) is 0 Å². The number of thiophene rings is 1. The van der Waals surface area contributed by atoms with Crippen LogP contribution in [-0.2, 0) is 13.0 Å². The van der Waals surface area contributed by atoms with Gasteiger partial charge in [0.05, 0.1) is 0 Å². The van der Waals surface area contributed by atoms with E-state index in [-0.39, 0.29) is 5.75 Å². The Kier molecular flexibility index (Phi) is 4.51. The molecule has 0 saturated carbocycles. The third-order valence-corrected chi connectivity index (χ3v) is 4.75. The zero-order valence-electron chi connectivity index (χ0n) is 11.5. The molecule has 112 valence electrons. The van der Waals surface area contributed by atoms with Gasteiger partial charge in [-0.3, -0.25) is 0 Å². The van der Waals surface area contributed by atoms with Crippen molar-refractivity contribution in [3.05, 3.63) is 51.7 Å². The molecule has 5 heteroatoms. The highest BCUT2D eigenvalue weighted by atomic mass is 32.1. The van der Waals surface area contributed by atoms with Gasteiger partial charge in [0.1, 0.15) is 5.75 Å². The minimum absolute atomic E-state index is 0.200. The molecule has 1 heterocycles. The van der Waals surface area contributed by atoms with Crippen molar-refractivity contribution < 1.29 is 13.5 Å². The van der Waals surface area contributed by atoms with E-state index in [0.29, 0.717) is 6.04 Å². The summed E-state index contributed by atoms with van der Waals surface area (Å²) in [6.45, 7) is -2.04. The second-order valence-electron chi connectivity index (χ2n) is 5.15. The number of fused-ring (bicyclic) bond motifs is 1. The summed E-state index contributed by atoms with van der Waals surface area (Å²) < 4.78 is 28.5. The molecule has 0 amide bonds. The Morgan fingerprint density at radius 3 is 2.81 bits per heavy atom. The zero-order valence-corrected chi connectivity index (χ0v) is 12.3. The van der Waals surface area contributed by atoms with E-state index >= 15 is 0 Å². The van der Waals surface area contributed by atoms with E-state index in [1.165, 1.54) is 23.3 Å². The van der Waals surface area contributed by atoms with Crippen LogP contribution in [-0.4, -0.2) is 6.61 Å². The molecule has 0 radical (unpaired) electrons. The predicted octanol–water partition coefficient (Wildman–Crippen LogP) is 4.52. The lowest BCUT2D eigenvalue weighted by molar-refractivity contribution is -0.0498. The monoisotopic (exact) mass is 309 g/mol. The normalized spacial score (nSPS) is 17.8. The van der Waals surface area contributed by atoms with Crippen molar-refractivity contribution in [3.8, 4) is 5.75 Å². The molecule has 0 bridgehead atoms. The van der Waals surface area contributed by atoms with E-state index in [9.17, 15) is 8.78 Å². The highest BCUT2D eigenvalue weighted by Crippen LogP contribution is 2.33. The number of hydrogen-bond donors (Lipinski definition) is 1. The van der Waals surface area contributed by atoms with Gasteiger partial charge in [-0.05, 0) is 54.0 Å². The van der Waals surface area contributed by atoms with Gasteiger partial charge in [0, 0.05) is 17.5 Å². The summed E-state index contributed by atoms with van der Waals surface area (Å²) in [6, 6.07) is 9.41. The lowest BCUT2D eigenvalue weighted by atomic mass is 9.94. The number of aryl methyl sites for hydroxylation is 1. The molecule has 2 aromatic rings. The van der Waals surface area contributed by atoms with Gasteiger partial charge in [0.2, 0.25) is 0 Å². The highest BCUT2D eigenvalue weighted by Gasteiger charge is 2.20. The SMILES string of the molecule is FC(F)Oc1ccc(CNC2CCCc3sccc32)cc1. The van der Waals surface area contributed by atoms with E-state index in [4.69, 9.17) is 0 Å². The number of rotatable bonds is 5. The van der Waals surface area contributed by atoms with Crippen LogP contribution in [0.4, 0.5) is 8.78 Å². The quantitative estimate of drug-likeness (QED) is 0.877. The van der Waals surface area contributed by atoms with Crippen molar-refractivity contribution >= 4 is 11.3 Å². The van der Waals surface area contributed by atoms with Crippen molar-refractivity contribution in [1.29, 1.82) is 0 Å². The van der Waals surface area contributed by atoms with Crippen molar-refractivity contribution in [2.45, 2.75) is 38.5 Å². The standard InChI is InChI=1S/C16H17F2NOS/c17-16(18)20-12-6-4-11(5-7-12)10-19-14-2-1-3-15-13(14)8-9-21-15/h4-9,14,16,19H,1-3,10H2. The minimum atomic E-state index is -2.77. The molecule has 0 fully saturated rings. The molecule has 1 aromatic carbocycles. The Labute approximate surface area is 126 Å². The van der Waals surface area contributed by atoms with Gasteiger partial charge in [-0.15, -0.1) is 11.3 Å². The van der Waals surface area contributed by atoms with Gasteiger partial charge < -0.3 is 10.1 Å². The first-order chi connectivity index (χ1) is 10.2. The number of hydrogen-bond acceptors (Lipinski definition) is 3. The van der Waals surface area contributed by atoms with Crippen LogP contribution in [0.3, 0.4) is 0 Å². The Bertz CT molecular complexity index is 582. The maximum Gasteiger partial charge on any atom is 0.387 e. The van der Waals surface area contributed by atoms with Crippen molar-refractivity contribution in [2.75, 3.05) is 0 Å². The number of halogens is 2. The number of benzene rings is 1. The molecule has 3 rings (SSSR count). The van der Waals surface area contributed by atoms with Crippen LogP contribution in [0.2, 0.25) is 0 Å². The third-order valence-electron chi connectivity index (χ3n) is 3.75. The molecule has 1 atom stereocenters. The van der Waals surface area contributed by atoms with Crippen LogP contribution in [0.5, 0.6) is 5.75 Å². The predicted molar refractivity (Wildman–Crippen MR) is 79.9 cm³/mol. The van der Waals surface area contributed by atoms with Crippen LogP contribution < -0.4 is 10.1 Å². The summed E-state index contributed by atoms with van der Waals surface area (Å²) in [5, 5.41) is 5.71. The van der Waals surface area contributed by atoms with Crippen LogP contribution in [0.25, 0.3) is 0 Å². The van der Waals surface area contributed by atoms with E-state index in [0.717, 1.165) is 18.5 Å². The zero-order chi connectivity index (χ0) is 14.7. The fourth-order valence-corrected chi connectivity index (χ4v) is 3.72. The van der Waals surface area contributed by atoms with Gasteiger partial charge in [-0.25, -0.2) is 0 Å². The molecule has 0 aliphatic heterocycles. The van der Waals surface area contributed by atoms with E-state index < -0.39 is 6.61 Å². The maximum absolute atomic E-state index is 12.1. The van der Waals surface area contributed by atoms with Crippen molar-refractivity contribution in [2.24, 2.45) is 0 Å². The second-order valence-corrected chi connectivity index (χ2v) is 6.15. The van der Waals surface area contributed by atoms with E-state index in [1.807, 2.05) is 23.5 Å². The smallest absolute Gasteiger partial charge is 0.387 e. The fourth-order valence-electron chi connectivity index (χ4n) is 2.73. The van der Waals surface area contributed by atoms with Gasteiger partial charge in [-0.1, -0.05) is 12.1 Å². The molecular weight excluding hydrogens is 292 g/mol. The van der Waals surface area contributed by atoms with E-state index in [2.05, 4.69) is 21.5 Å². The third kappa shape index (κ3) is 3.60. The molecule has 0 saturated heterocycles. The lowest BCUT2D eigenvalue weighted by Gasteiger charge is -2.24. The van der Waals surface area contributed by atoms with Crippen molar-refractivity contribution in [3.63, 3.8) is 0 Å². The van der Waals surface area contributed by atoms with Crippen LogP contribution >= 0.6 is 11.3 Å².